The Morgan fingerprint density at radius 2 is 2.16 bits per heavy atom. The van der Waals surface area contributed by atoms with Crippen LogP contribution in [0.25, 0.3) is 0 Å². The van der Waals surface area contributed by atoms with Crippen LogP contribution < -0.4 is 0 Å². The van der Waals surface area contributed by atoms with Gasteiger partial charge in [-0.25, -0.2) is 4.98 Å². The Kier molecular flexibility index (Phi) is 4.25. The van der Waals surface area contributed by atoms with Gasteiger partial charge in [-0.3, -0.25) is 9.58 Å². The topological polar surface area (TPSA) is 34.0 Å². The lowest BCUT2D eigenvalue weighted by molar-refractivity contribution is 0.168. The van der Waals surface area contributed by atoms with E-state index in [1.54, 1.807) is 11.3 Å². The number of hydrogen-bond donors (Lipinski definition) is 0. The third-order valence-corrected chi connectivity index (χ3v) is 4.64. The van der Waals surface area contributed by atoms with E-state index in [2.05, 4.69) is 26.6 Å². The molecule has 102 valence electrons. The molecule has 0 amide bonds. The van der Waals surface area contributed by atoms with E-state index in [0.29, 0.717) is 0 Å². The van der Waals surface area contributed by atoms with Crippen LogP contribution in [0.1, 0.15) is 24.3 Å². The molecule has 0 spiro atoms. The van der Waals surface area contributed by atoms with Gasteiger partial charge >= 0.3 is 0 Å². The summed E-state index contributed by atoms with van der Waals surface area (Å²) in [7, 11) is 0. The van der Waals surface area contributed by atoms with Gasteiger partial charge in [-0.15, -0.1) is 11.3 Å². The van der Waals surface area contributed by atoms with Crippen LogP contribution in [-0.2, 0) is 13.1 Å². The van der Waals surface area contributed by atoms with E-state index in [4.69, 9.17) is 0 Å². The van der Waals surface area contributed by atoms with Gasteiger partial charge in [-0.05, 0) is 44.3 Å². The van der Waals surface area contributed by atoms with Crippen molar-refractivity contribution in [3.05, 3.63) is 35.0 Å². The molecule has 0 aromatic carbocycles. The largest absolute Gasteiger partial charge is 0.297 e. The lowest BCUT2D eigenvalue weighted by Crippen LogP contribution is -2.33. The van der Waals surface area contributed by atoms with E-state index < -0.39 is 0 Å². The fourth-order valence-corrected chi connectivity index (χ4v) is 3.36. The number of likely N-dealkylation sites (tertiary alicyclic amines) is 1. The molecule has 0 atom stereocenters. The van der Waals surface area contributed by atoms with Gasteiger partial charge in [0.25, 0.3) is 0 Å². The van der Waals surface area contributed by atoms with Gasteiger partial charge in [0.15, 0.2) is 0 Å². The summed E-state index contributed by atoms with van der Waals surface area (Å²) in [6.07, 6.45) is 9.69. The third-order valence-electron chi connectivity index (χ3n) is 3.88. The molecular weight excluding hydrogens is 256 g/mol. The van der Waals surface area contributed by atoms with Crippen molar-refractivity contribution in [2.75, 3.05) is 13.1 Å². The molecular formula is C14H20N4S. The van der Waals surface area contributed by atoms with Crippen LogP contribution in [0.3, 0.4) is 0 Å². The van der Waals surface area contributed by atoms with E-state index in [-0.39, 0.29) is 0 Å². The molecule has 3 rings (SSSR count). The minimum absolute atomic E-state index is 0.858. The molecule has 1 aliphatic heterocycles. The summed E-state index contributed by atoms with van der Waals surface area (Å²) in [4.78, 5) is 6.90. The Balaban J connectivity index is 1.39. The summed E-state index contributed by atoms with van der Waals surface area (Å²) < 4.78 is 2.04. The smallest absolute Gasteiger partial charge is 0.107 e. The molecule has 3 heterocycles. The molecule has 1 aliphatic rings. The van der Waals surface area contributed by atoms with Crippen molar-refractivity contribution in [1.29, 1.82) is 0 Å². The molecule has 2 aromatic rings. The van der Waals surface area contributed by atoms with Gasteiger partial charge in [0.2, 0.25) is 0 Å². The van der Waals surface area contributed by atoms with Gasteiger partial charge in [0.05, 0.1) is 6.54 Å². The van der Waals surface area contributed by atoms with Crippen LogP contribution in [0.4, 0.5) is 0 Å². The van der Waals surface area contributed by atoms with Crippen LogP contribution in [0.2, 0.25) is 0 Å². The first-order valence-electron chi connectivity index (χ1n) is 6.98. The first kappa shape index (κ1) is 12.8. The lowest BCUT2D eigenvalue weighted by Gasteiger charge is -2.31. The SMILES string of the molecule is c1cnn(CCC2CCN(Cc3nccs3)CC2)c1. The number of rotatable bonds is 5. The number of aryl methyl sites for hydroxylation is 1. The van der Waals surface area contributed by atoms with Crippen molar-refractivity contribution in [2.45, 2.75) is 32.4 Å². The molecule has 19 heavy (non-hydrogen) atoms. The Morgan fingerprint density at radius 1 is 1.26 bits per heavy atom. The van der Waals surface area contributed by atoms with E-state index in [9.17, 15) is 0 Å². The molecule has 0 radical (unpaired) electrons. The van der Waals surface area contributed by atoms with Crippen LogP contribution in [-0.4, -0.2) is 32.8 Å². The zero-order valence-electron chi connectivity index (χ0n) is 11.1. The summed E-state index contributed by atoms with van der Waals surface area (Å²) in [6.45, 7) is 4.51. The quantitative estimate of drug-likeness (QED) is 0.842. The van der Waals surface area contributed by atoms with Crippen LogP contribution in [0, 0.1) is 5.92 Å². The van der Waals surface area contributed by atoms with Crippen molar-refractivity contribution in [3.63, 3.8) is 0 Å². The third kappa shape index (κ3) is 3.64. The first-order chi connectivity index (χ1) is 9.40. The van der Waals surface area contributed by atoms with Crippen molar-refractivity contribution < 1.29 is 0 Å². The second-order valence-corrected chi connectivity index (χ2v) is 6.18. The number of hydrogen-bond acceptors (Lipinski definition) is 4. The Labute approximate surface area is 118 Å². The van der Waals surface area contributed by atoms with Gasteiger partial charge in [-0.2, -0.15) is 5.10 Å². The van der Waals surface area contributed by atoms with Crippen LogP contribution in [0.15, 0.2) is 30.0 Å². The van der Waals surface area contributed by atoms with E-state index in [0.717, 1.165) is 19.0 Å². The molecule has 0 saturated carbocycles. The lowest BCUT2D eigenvalue weighted by atomic mass is 9.93. The van der Waals surface area contributed by atoms with E-state index >= 15 is 0 Å². The molecule has 4 nitrogen and oxygen atoms in total. The highest BCUT2D eigenvalue weighted by atomic mass is 32.1. The second-order valence-electron chi connectivity index (χ2n) is 5.20. The first-order valence-corrected chi connectivity index (χ1v) is 7.86. The van der Waals surface area contributed by atoms with Crippen molar-refractivity contribution >= 4 is 11.3 Å². The Bertz CT molecular complexity index is 458. The Morgan fingerprint density at radius 3 is 2.84 bits per heavy atom. The number of thiazole rings is 1. The normalized spacial score (nSPS) is 17.9. The molecule has 1 fully saturated rings. The molecule has 0 aliphatic carbocycles. The van der Waals surface area contributed by atoms with Crippen molar-refractivity contribution in [3.8, 4) is 0 Å². The maximum Gasteiger partial charge on any atom is 0.107 e. The zero-order chi connectivity index (χ0) is 12.9. The summed E-state index contributed by atoms with van der Waals surface area (Å²) in [5.41, 5.74) is 0. The summed E-state index contributed by atoms with van der Waals surface area (Å²) in [6, 6.07) is 2.00. The number of aromatic nitrogens is 3. The standard InChI is InChI=1S/C14H20N4S/c1-5-16-18(7-1)10-4-13-2-8-17(9-3-13)12-14-15-6-11-19-14/h1,5-7,11,13H,2-4,8-10,12H2. The minimum atomic E-state index is 0.858. The molecule has 5 heteroatoms. The highest BCUT2D eigenvalue weighted by molar-refractivity contribution is 7.09. The number of nitrogens with zero attached hydrogens (tertiary/aromatic N) is 4. The molecule has 0 N–H and O–H groups in total. The van der Waals surface area contributed by atoms with Crippen LogP contribution in [0.5, 0.6) is 0 Å². The Hall–Kier alpha value is -1.20. The minimum Gasteiger partial charge on any atom is -0.297 e. The fourth-order valence-electron chi connectivity index (χ4n) is 2.70. The summed E-state index contributed by atoms with van der Waals surface area (Å²) >= 11 is 1.76. The van der Waals surface area contributed by atoms with E-state index in [1.165, 1.54) is 37.4 Å². The monoisotopic (exact) mass is 276 g/mol. The predicted octanol–water partition coefficient (Wildman–Crippen LogP) is 2.64. The zero-order valence-corrected chi connectivity index (χ0v) is 11.9. The van der Waals surface area contributed by atoms with Gasteiger partial charge in [0.1, 0.15) is 5.01 Å². The fraction of sp³-hybridized carbons (Fsp3) is 0.571. The van der Waals surface area contributed by atoms with Crippen LogP contribution >= 0.6 is 11.3 Å². The predicted molar refractivity (Wildman–Crippen MR) is 77.0 cm³/mol. The maximum atomic E-state index is 4.36. The highest BCUT2D eigenvalue weighted by Crippen LogP contribution is 2.22. The molecule has 0 unspecified atom stereocenters. The molecule has 2 aromatic heterocycles. The number of piperidine rings is 1. The van der Waals surface area contributed by atoms with Crippen molar-refractivity contribution in [1.82, 2.24) is 19.7 Å². The summed E-state index contributed by atoms with van der Waals surface area (Å²) in [5.74, 6) is 0.858. The second kappa shape index (κ2) is 6.30. The van der Waals surface area contributed by atoms with Gasteiger partial charge in [0, 0.05) is 30.5 Å². The molecule has 0 bridgehead atoms. The average molecular weight is 276 g/mol. The molecule has 1 saturated heterocycles. The van der Waals surface area contributed by atoms with Crippen molar-refractivity contribution in [2.24, 2.45) is 5.92 Å². The highest BCUT2D eigenvalue weighted by Gasteiger charge is 2.19. The van der Waals surface area contributed by atoms with Gasteiger partial charge in [-0.1, -0.05) is 0 Å². The average Bonchev–Trinajstić information content (AvgIpc) is 3.11. The van der Waals surface area contributed by atoms with E-state index in [1.807, 2.05) is 23.1 Å². The maximum absolute atomic E-state index is 4.36. The van der Waals surface area contributed by atoms with Gasteiger partial charge < -0.3 is 0 Å². The summed E-state index contributed by atoms with van der Waals surface area (Å²) in [5, 5.41) is 7.57.